The number of amides is 1. The Labute approximate surface area is 102 Å². The number of carbonyl (C=O) groups excluding carboxylic acids is 1. The van der Waals surface area contributed by atoms with Crippen LogP contribution in [0.1, 0.15) is 11.7 Å². The molecule has 2 N–H and O–H groups in total. The van der Waals surface area contributed by atoms with E-state index in [0.717, 1.165) is 5.69 Å². The van der Waals surface area contributed by atoms with Crippen molar-refractivity contribution in [3.8, 4) is 0 Å². The molecule has 0 aliphatic carbocycles. The summed E-state index contributed by atoms with van der Waals surface area (Å²) in [5.74, 6) is 0.0573. The molecule has 1 aromatic rings. The smallest absolute Gasteiger partial charge is 0.236 e. The molecule has 0 radical (unpaired) electrons. The second-order valence-corrected chi connectivity index (χ2v) is 4.21. The number of hydrogen-bond donors (Lipinski definition) is 1. The molecule has 0 aliphatic heterocycles. The largest absolute Gasteiger partial charge is 0.348 e. The van der Waals surface area contributed by atoms with Crippen molar-refractivity contribution in [1.82, 2.24) is 14.8 Å². The topological polar surface area (TPSA) is 62.5 Å². The van der Waals surface area contributed by atoms with Crippen LogP contribution in [-0.2, 0) is 4.79 Å². The molecule has 0 aliphatic rings. The Morgan fingerprint density at radius 2 is 2.12 bits per heavy atom. The molecule has 0 fully saturated rings. The maximum absolute atomic E-state index is 11.6. The normalized spacial score (nSPS) is 12.5. The molecule has 0 saturated heterocycles. The van der Waals surface area contributed by atoms with Crippen LogP contribution in [0.25, 0.3) is 0 Å². The van der Waals surface area contributed by atoms with E-state index < -0.39 is 0 Å². The van der Waals surface area contributed by atoms with Gasteiger partial charge < -0.3 is 10.6 Å². The first kappa shape index (κ1) is 13.6. The second kappa shape index (κ2) is 6.32. The minimum Gasteiger partial charge on any atom is -0.348 e. The van der Waals surface area contributed by atoms with Crippen molar-refractivity contribution in [2.75, 3.05) is 34.2 Å². The summed E-state index contributed by atoms with van der Waals surface area (Å²) in [4.78, 5) is 19.4. The molecular weight excluding hydrogens is 216 g/mol. The van der Waals surface area contributed by atoms with Crippen LogP contribution in [-0.4, -0.2) is 54.9 Å². The summed E-state index contributed by atoms with van der Waals surface area (Å²) in [5.41, 5.74) is 6.64. The standard InChI is InChI=1S/C12H20N4O/c1-15(2)12(17)9-16(3)11(8-13)10-6-4-5-7-14-10/h4-7,11H,8-9,13H2,1-3H3. The molecule has 94 valence electrons. The van der Waals surface area contributed by atoms with E-state index in [0.29, 0.717) is 13.1 Å². The summed E-state index contributed by atoms with van der Waals surface area (Å²) in [6.45, 7) is 0.777. The highest BCUT2D eigenvalue weighted by atomic mass is 16.2. The molecule has 0 bridgehead atoms. The molecule has 0 spiro atoms. The lowest BCUT2D eigenvalue weighted by molar-refractivity contribution is -0.130. The van der Waals surface area contributed by atoms with E-state index in [4.69, 9.17) is 5.73 Å². The second-order valence-electron chi connectivity index (χ2n) is 4.21. The van der Waals surface area contributed by atoms with Crippen LogP contribution >= 0.6 is 0 Å². The van der Waals surface area contributed by atoms with E-state index >= 15 is 0 Å². The van der Waals surface area contributed by atoms with E-state index in [2.05, 4.69) is 4.98 Å². The summed E-state index contributed by atoms with van der Waals surface area (Å²) in [6.07, 6.45) is 1.74. The quantitative estimate of drug-likeness (QED) is 0.787. The highest BCUT2D eigenvalue weighted by Gasteiger charge is 2.19. The molecule has 5 heteroatoms. The molecule has 5 nitrogen and oxygen atoms in total. The predicted octanol–water partition coefficient (Wildman–Crippen LogP) is 0.101. The van der Waals surface area contributed by atoms with E-state index in [1.54, 1.807) is 25.2 Å². The van der Waals surface area contributed by atoms with Gasteiger partial charge in [0.15, 0.2) is 0 Å². The predicted molar refractivity (Wildman–Crippen MR) is 67.4 cm³/mol. The Morgan fingerprint density at radius 1 is 1.41 bits per heavy atom. The SMILES string of the molecule is CN(C)C(=O)CN(C)C(CN)c1ccccn1. The fraction of sp³-hybridized carbons (Fsp3) is 0.500. The third kappa shape index (κ3) is 3.80. The van der Waals surface area contributed by atoms with E-state index in [1.165, 1.54) is 0 Å². The van der Waals surface area contributed by atoms with E-state index in [9.17, 15) is 4.79 Å². The summed E-state index contributed by atoms with van der Waals surface area (Å²) in [6, 6.07) is 5.68. The number of carbonyl (C=O) groups is 1. The molecular formula is C12H20N4O. The summed E-state index contributed by atoms with van der Waals surface area (Å²) in [7, 11) is 5.37. The van der Waals surface area contributed by atoms with E-state index in [-0.39, 0.29) is 11.9 Å². The van der Waals surface area contributed by atoms with Gasteiger partial charge in [0.2, 0.25) is 5.91 Å². The van der Waals surface area contributed by atoms with Crippen molar-refractivity contribution < 1.29 is 4.79 Å². The maximum Gasteiger partial charge on any atom is 0.236 e. The van der Waals surface area contributed by atoms with Crippen LogP contribution in [0.5, 0.6) is 0 Å². The van der Waals surface area contributed by atoms with Crippen molar-refractivity contribution in [3.63, 3.8) is 0 Å². The molecule has 0 saturated carbocycles. The molecule has 1 amide bonds. The maximum atomic E-state index is 11.6. The average molecular weight is 236 g/mol. The zero-order valence-electron chi connectivity index (χ0n) is 10.6. The van der Waals surface area contributed by atoms with Gasteiger partial charge in [0.25, 0.3) is 0 Å². The summed E-state index contributed by atoms with van der Waals surface area (Å²) in [5, 5.41) is 0. The average Bonchev–Trinajstić information content (AvgIpc) is 2.31. The van der Waals surface area contributed by atoms with Crippen molar-refractivity contribution >= 4 is 5.91 Å². The van der Waals surface area contributed by atoms with Crippen LogP contribution in [0.15, 0.2) is 24.4 Å². The van der Waals surface area contributed by atoms with E-state index in [1.807, 2.05) is 30.1 Å². The van der Waals surface area contributed by atoms with Gasteiger partial charge in [-0.15, -0.1) is 0 Å². The number of nitrogens with zero attached hydrogens (tertiary/aromatic N) is 3. The fourth-order valence-corrected chi connectivity index (χ4v) is 1.56. The first-order valence-corrected chi connectivity index (χ1v) is 5.57. The Bertz CT molecular complexity index is 353. The van der Waals surface area contributed by atoms with Crippen LogP contribution in [0, 0.1) is 0 Å². The molecule has 1 heterocycles. The van der Waals surface area contributed by atoms with Crippen molar-refractivity contribution in [2.45, 2.75) is 6.04 Å². The molecule has 1 aromatic heterocycles. The Kier molecular flexibility index (Phi) is 5.06. The minimum absolute atomic E-state index is 0.0277. The van der Waals surface area contributed by atoms with Gasteiger partial charge in [0.1, 0.15) is 0 Å². The third-order valence-electron chi connectivity index (χ3n) is 2.67. The van der Waals surface area contributed by atoms with Crippen LogP contribution < -0.4 is 5.73 Å². The Morgan fingerprint density at radius 3 is 2.59 bits per heavy atom. The number of aromatic nitrogens is 1. The van der Waals surface area contributed by atoms with Crippen LogP contribution in [0.3, 0.4) is 0 Å². The number of rotatable bonds is 5. The van der Waals surface area contributed by atoms with Crippen molar-refractivity contribution in [1.29, 1.82) is 0 Å². The van der Waals surface area contributed by atoms with Gasteiger partial charge in [-0.1, -0.05) is 6.07 Å². The highest BCUT2D eigenvalue weighted by molar-refractivity contribution is 5.77. The van der Waals surface area contributed by atoms with Gasteiger partial charge in [0, 0.05) is 26.8 Å². The van der Waals surface area contributed by atoms with Gasteiger partial charge in [0.05, 0.1) is 18.3 Å². The third-order valence-corrected chi connectivity index (χ3v) is 2.67. The molecule has 1 rings (SSSR count). The summed E-state index contributed by atoms with van der Waals surface area (Å²) >= 11 is 0. The molecule has 1 unspecified atom stereocenters. The van der Waals surface area contributed by atoms with Gasteiger partial charge in [-0.05, 0) is 19.2 Å². The first-order chi connectivity index (χ1) is 8.06. The Hall–Kier alpha value is -1.46. The number of hydrogen-bond acceptors (Lipinski definition) is 4. The van der Waals surface area contributed by atoms with Crippen LogP contribution in [0.4, 0.5) is 0 Å². The molecule has 1 atom stereocenters. The van der Waals surface area contributed by atoms with Gasteiger partial charge in [-0.25, -0.2) is 0 Å². The zero-order chi connectivity index (χ0) is 12.8. The van der Waals surface area contributed by atoms with Crippen molar-refractivity contribution in [2.24, 2.45) is 5.73 Å². The van der Waals surface area contributed by atoms with Crippen molar-refractivity contribution in [3.05, 3.63) is 30.1 Å². The lowest BCUT2D eigenvalue weighted by Gasteiger charge is -2.26. The van der Waals surface area contributed by atoms with Crippen LogP contribution in [0.2, 0.25) is 0 Å². The number of pyridine rings is 1. The minimum atomic E-state index is -0.0277. The van der Waals surface area contributed by atoms with Gasteiger partial charge >= 0.3 is 0 Å². The monoisotopic (exact) mass is 236 g/mol. The van der Waals surface area contributed by atoms with Gasteiger partial charge in [-0.2, -0.15) is 0 Å². The highest BCUT2D eigenvalue weighted by Crippen LogP contribution is 2.14. The fourth-order valence-electron chi connectivity index (χ4n) is 1.56. The molecule has 17 heavy (non-hydrogen) atoms. The lowest BCUT2D eigenvalue weighted by atomic mass is 10.1. The summed E-state index contributed by atoms with van der Waals surface area (Å²) < 4.78 is 0. The molecule has 0 aromatic carbocycles. The number of likely N-dealkylation sites (N-methyl/N-ethyl adjacent to an activating group) is 2. The Balaban J connectivity index is 2.71. The number of nitrogens with two attached hydrogens (primary N) is 1. The first-order valence-electron chi connectivity index (χ1n) is 5.57. The zero-order valence-corrected chi connectivity index (χ0v) is 10.6. The van der Waals surface area contributed by atoms with Gasteiger partial charge in [-0.3, -0.25) is 14.7 Å². The lowest BCUT2D eigenvalue weighted by Crippen LogP contribution is -2.39.